The molecule has 0 bridgehead atoms. The molecule has 20 nitrogen and oxygen atoms in total. The van der Waals surface area contributed by atoms with Gasteiger partial charge in [0.15, 0.2) is 0 Å². The number of hydrogen-bond acceptors (Lipinski definition) is 12. The Hall–Kier alpha value is -13.9. The molecule has 9 aromatic rings. The van der Waals surface area contributed by atoms with Gasteiger partial charge in [-0.15, -0.1) is 19.3 Å². The Balaban J connectivity index is 0.726. The lowest BCUT2D eigenvalue weighted by Crippen LogP contribution is -2.39. The zero-order valence-corrected chi connectivity index (χ0v) is 55.9. The van der Waals surface area contributed by atoms with Gasteiger partial charge in [-0.05, 0) is 189 Å². The summed E-state index contributed by atoms with van der Waals surface area (Å²) in [4.78, 5) is 175. The number of unbranched alkanes of at least 4 members (excludes halogenated alkanes) is 2. The third-order valence-electron chi connectivity index (χ3n) is 19.2. The Morgan fingerprint density at radius 3 is 1.11 bits per heavy atom. The molecule has 4 aliphatic rings. The van der Waals surface area contributed by atoms with Gasteiger partial charge < -0.3 is 21.3 Å². The van der Waals surface area contributed by atoms with E-state index in [9.17, 15) is 52.7 Å². The molecule has 12 amide bonds. The number of imide groups is 4. The van der Waals surface area contributed by atoms with Gasteiger partial charge in [-0.2, -0.15) is 0 Å². The summed E-state index contributed by atoms with van der Waals surface area (Å²) in [5, 5.41) is 11.7. The number of benzene rings is 9. The smallest absolute Gasteiger partial charge is 0.266 e. The number of terminal acetylenes is 3. The predicted molar refractivity (Wildman–Crippen MR) is 389 cm³/mol. The summed E-state index contributed by atoms with van der Waals surface area (Å²) in [5.41, 5.74) is 0.456. The van der Waals surface area contributed by atoms with E-state index in [1.807, 2.05) is 13.8 Å². The van der Waals surface area contributed by atoms with Gasteiger partial charge in [0.2, 0.25) is 11.8 Å². The molecule has 0 fully saturated rings. The molecule has 0 aliphatic carbocycles. The van der Waals surface area contributed by atoms with Crippen LogP contribution in [-0.4, -0.2) is 70.9 Å². The lowest BCUT2D eigenvalue weighted by Gasteiger charge is -2.31. The van der Waals surface area contributed by atoms with Gasteiger partial charge in [0.25, 0.3) is 59.1 Å². The van der Waals surface area contributed by atoms with Crippen LogP contribution in [0.3, 0.4) is 0 Å². The van der Waals surface area contributed by atoms with Crippen LogP contribution >= 0.6 is 0 Å². The Bertz CT molecular complexity index is 5310. The molecule has 4 aliphatic heterocycles. The summed E-state index contributed by atoms with van der Waals surface area (Å²) < 4.78 is 0. The maximum atomic E-state index is 15.2. The van der Waals surface area contributed by atoms with Crippen LogP contribution in [0.4, 0.5) is 45.5 Å². The van der Waals surface area contributed by atoms with Crippen molar-refractivity contribution in [1.29, 1.82) is 0 Å². The van der Waals surface area contributed by atoms with E-state index in [1.165, 1.54) is 91.0 Å². The summed E-state index contributed by atoms with van der Waals surface area (Å²) in [7, 11) is 0. The van der Waals surface area contributed by atoms with Crippen molar-refractivity contribution in [2.24, 2.45) is 0 Å². The van der Waals surface area contributed by atoms with Gasteiger partial charge >= 0.3 is 0 Å². The van der Waals surface area contributed by atoms with Gasteiger partial charge in [0, 0.05) is 50.6 Å². The Morgan fingerprint density at radius 1 is 0.350 bits per heavy atom. The van der Waals surface area contributed by atoms with Gasteiger partial charge in [0.1, 0.15) is 0 Å². The highest BCUT2D eigenvalue weighted by molar-refractivity contribution is 6.38. The molecule has 4 N–H and O–H groups in total. The molecular formula is C83H60N8O12. The number of fused-ring (bicyclic) bond motifs is 4. The third kappa shape index (κ3) is 12.0. The van der Waals surface area contributed by atoms with Gasteiger partial charge in [-0.1, -0.05) is 87.3 Å². The molecule has 103 heavy (non-hydrogen) atoms. The van der Waals surface area contributed by atoms with E-state index in [0.29, 0.717) is 28.7 Å². The van der Waals surface area contributed by atoms with Crippen LogP contribution in [0, 0.1) is 37.0 Å². The number of rotatable bonds is 19. The monoisotopic (exact) mass is 1360 g/mol. The number of nitrogens with one attached hydrogen (secondary N) is 4. The number of carbonyl (C=O) groups is 12. The fourth-order valence-corrected chi connectivity index (χ4v) is 13.2. The van der Waals surface area contributed by atoms with E-state index in [0.717, 1.165) is 32.4 Å². The van der Waals surface area contributed by atoms with Crippen LogP contribution in [0.25, 0.3) is 0 Å². The number of carbonyl (C=O) groups excluding carboxylic acids is 12. The number of hydrogen-bond donors (Lipinski definition) is 4. The first-order valence-electron chi connectivity index (χ1n) is 32.8. The van der Waals surface area contributed by atoms with E-state index in [4.69, 9.17) is 19.3 Å². The predicted octanol–water partition coefficient (Wildman–Crippen LogP) is 13.1. The number of amides is 12. The fraction of sp³-hybridized carbons (Fsp3) is 0.133. The molecule has 0 radical (unpaired) electrons. The third-order valence-corrected chi connectivity index (χ3v) is 19.2. The van der Waals surface area contributed by atoms with Crippen LogP contribution in [0.15, 0.2) is 188 Å². The first-order valence-corrected chi connectivity index (χ1v) is 32.8. The highest BCUT2D eigenvalue weighted by atomic mass is 16.2. The standard InChI is InChI=1S/C83H60N8O12/c1-8-13-16-34-83(7,53-41-60(90-72(94)62-26-14-15-27-63(62)73(90)95)46-61(42-53)91-76(98)66-33-30-49(11-4)37-69(66)79(91)101)81(103)87-57-25-18-22-54(43-57)84-70(92)50-20-17-21-52(38-50)82(6,12-5)80(102)86-56-24-19-23-55(44-56)85-71(93)51-39-58(88-74(96)64-31-28-47(9-2)35-67(64)77(88)99)45-59(40-51)89-75(97)65-32-29-48(10-3)36-68(65)78(89)100/h2-4,14-15,17-33,35-46H,8,12-13,16,34H2,1,5-7H3,(H,84,92)(H,85,93)(H,86,102)(H,87,103). The molecule has 4 heterocycles. The quantitative estimate of drug-likeness (QED) is 0.0334. The minimum Gasteiger partial charge on any atom is -0.325 e. The zero-order chi connectivity index (χ0) is 72.9. The first kappa shape index (κ1) is 67.7. The molecule has 2 atom stereocenters. The van der Waals surface area contributed by atoms with Crippen LogP contribution in [0.5, 0.6) is 0 Å². The van der Waals surface area contributed by atoms with Crippen molar-refractivity contribution in [3.63, 3.8) is 0 Å². The Labute approximate surface area is 591 Å². The van der Waals surface area contributed by atoms with Crippen molar-refractivity contribution in [3.8, 4) is 37.0 Å². The Kier molecular flexibility index (Phi) is 17.6. The summed E-state index contributed by atoms with van der Waals surface area (Å²) in [5.74, 6) is -0.607. The van der Waals surface area contributed by atoms with E-state index in [1.54, 1.807) is 111 Å². The van der Waals surface area contributed by atoms with Crippen molar-refractivity contribution in [3.05, 3.63) is 272 Å². The molecule has 0 aromatic heterocycles. The number of nitrogens with zero attached hydrogens (tertiary/aromatic N) is 4. The average molecular weight is 1360 g/mol. The van der Waals surface area contributed by atoms with Crippen LogP contribution in [-0.2, 0) is 20.4 Å². The minimum absolute atomic E-state index is 0.00770. The highest BCUT2D eigenvalue weighted by Gasteiger charge is 2.45. The van der Waals surface area contributed by atoms with Crippen LogP contribution in [0.1, 0.15) is 191 Å². The zero-order valence-electron chi connectivity index (χ0n) is 55.9. The maximum absolute atomic E-state index is 15.2. The normalized spacial score (nSPS) is 14.6. The van der Waals surface area contributed by atoms with E-state index >= 15 is 4.79 Å². The molecule has 0 saturated heterocycles. The van der Waals surface area contributed by atoms with Crippen LogP contribution < -0.4 is 40.9 Å². The second-order valence-electron chi connectivity index (χ2n) is 25.6. The lowest BCUT2D eigenvalue weighted by molar-refractivity contribution is -0.122. The van der Waals surface area contributed by atoms with Gasteiger partial charge in [-0.3, -0.25) is 57.5 Å². The minimum atomic E-state index is -1.46. The molecule has 2 unspecified atom stereocenters. The molecule has 9 aromatic carbocycles. The molecule has 0 spiro atoms. The topological polar surface area (TPSA) is 266 Å². The highest BCUT2D eigenvalue weighted by Crippen LogP contribution is 2.43. The second kappa shape index (κ2) is 26.7. The van der Waals surface area contributed by atoms with E-state index in [-0.39, 0.29) is 120 Å². The lowest BCUT2D eigenvalue weighted by atomic mass is 9.76. The average Bonchev–Trinajstić information content (AvgIpc) is 1.62. The summed E-state index contributed by atoms with van der Waals surface area (Å²) in [6.07, 6.45) is 19.4. The fourth-order valence-electron chi connectivity index (χ4n) is 13.2. The van der Waals surface area contributed by atoms with E-state index < -0.39 is 81.7 Å². The van der Waals surface area contributed by atoms with E-state index in [2.05, 4.69) is 39.0 Å². The van der Waals surface area contributed by atoms with Crippen molar-refractivity contribution in [1.82, 2.24) is 0 Å². The number of anilines is 8. The maximum Gasteiger partial charge on any atom is 0.266 e. The van der Waals surface area contributed by atoms with Crippen molar-refractivity contribution >= 4 is 116 Å². The molecular weight excluding hydrogens is 1300 g/mol. The van der Waals surface area contributed by atoms with Crippen molar-refractivity contribution < 1.29 is 57.5 Å². The second-order valence-corrected chi connectivity index (χ2v) is 25.6. The molecule has 0 saturated carbocycles. The summed E-state index contributed by atoms with van der Waals surface area (Å²) in [6.45, 7) is 7.23. The van der Waals surface area contributed by atoms with Crippen LogP contribution in [0.2, 0.25) is 0 Å². The summed E-state index contributed by atoms with van der Waals surface area (Å²) >= 11 is 0. The van der Waals surface area contributed by atoms with Crippen molar-refractivity contribution in [2.75, 3.05) is 40.9 Å². The largest absolute Gasteiger partial charge is 0.325 e. The van der Waals surface area contributed by atoms with Gasteiger partial charge in [0.05, 0.1) is 78.1 Å². The van der Waals surface area contributed by atoms with Gasteiger partial charge in [-0.25, -0.2) is 19.6 Å². The molecule has 504 valence electrons. The SMILES string of the molecule is C#Cc1ccc2c(c1)C(=O)N(c1cc(C(=O)Nc3cccc(NC(=O)C(C)(CC)c4cccc(C(=O)Nc5cccc(NC(=O)C(C)(CCCCC)c6cc(N7C(=O)c8ccccc8C7=O)cc(N7C(=O)c8ccc(C#C)cc8C7=O)c6)c5)c4)c3)cc(N3C(=O)c4ccc(C#C)cc4C3=O)c1)C2=O. The summed E-state index contributed by atoms with van der Waals surface area (Å²) in [6, 6.07) is 46.9. The molecule has 13 rings (SSSR count). The Morgan fingerprint density at radius 2 is 0.709 bits per heavy atom. The molecule has 20 heteroatoms. The first-order chi connectivity index (χ1) is 49.5. The van der Waals surface area contributed by atoms with Crippen molar-refractivity contribution in [2.45, 2.75) is 70.6 Å².